The van der Waals surface area contributed by atoms with E-state index in [2.05, 4.69) is 27.0 Å². The average Bonchev–Trinajstić information content (AvgIpc) is 3.27. The fraction of sp³-hybridized carbons (Fsp3) is 0.455. The predicted molar refractivity (Wildman–Crippen MR) is 117 cm³/mol. The molecule has 0 aliphatic carbocycles. The summed E-state index contributed by atoms with van der Waals surface area (Å²) in [6.07, 6.45) is 3.38. The van der Waals surface area contributed by atoms with Crippen LogP contribution in [-0.2, 0) is 6.54 Å². The maximum atomic E-state index is 12.5. The number of nitrogens with one attached hydrogen (secondary N) is 2. The van der Waals surface area contributed by atoms with E-state index in [4.69, 9.17) is 0 Å². The molecule has 0 bridgehead atoms. The van der Waals surface area contributed by atoms with Gasteiger partial charge < -0.3 is 20.4 Å². The standard InChI is InChI=1S/C22H30N4O2S/c1-25(2)20(19-10-13-29-16-19)15-24-22(28)23-14-17-6-8-18(9-7-17)21(27)26-11-4-3-5-12-26/h6-10,13,16,20H,3-5,11-12,14-15H2,1-2H3,(H2,23,24,28)/t20-/m1/s1. The van der Waals surface area contributed by atoms with Crippen molar-refractivity contribution in [1.29, 1.82) is 0 Å². The average molecular weight is 415 g/mol. The Balaban J connectivity index is 1.45. The van der Waals surface area contributed by atoms with Crippen molar-refractivity contribution in [2.24, 2.45) is 0 Å². The SMILES string of the molecule is CN(C)[C@H](CNC(=O)NCc1ccc(C(=O)N2CCCCC2)cc1)c1ccsc1. The number of likely N-dealkylation sites (N-methyl/N-ethyl adjacent to an activating group) is 1. The second-order valence-corrected chi connectivity index (χ2v) is 8.43. The third kappa shape index (κ3) is 6.05. The lowest BCUT2D eigenvalue weighted by molar-refractivity contribution is 0.0724. The van der Waals surface area contributed by atoms with Crippen LogP contribution in [0.1, 0.15) is 46.8 Å². The third-order valence-electron chi connectivity index (χ3n) is 5.30. The predicted octanol–water partition coefficient (Wildman–Crippen LogP) is 3.48. The monoisotopic (exact) mass is 414 g/mol. The van der Waals surface area contributed by atoms with Gasteiger partial charge in [0.05, 0.1) is 6.04 Å². The highest BCUT2D eigenvalue weighted by Crippen LogP contribution is 2.20. The molecule has 0 spiro atoms. The summed E-state index contributed by atoms with van der Waals surface area (Å²) >= 11 is 1.66. The quantitative estimate of drug-likeness (QED) is 0.729. The van der Waals surface area contributed by atoms with Crippen molar-refractivity contribution >= 4 is 23.3 Å². The summed E-state index contributed by atoms with van der Waals surface area (Å²) in [4.78, 5) is 28.7. The molecule has 0 saturated carbocycles. The van der Waals surface area contributed by atoms with E-state index in [1.54, 1.807) is 11.3 Å². The van der Waals surface area contributed by atoms with E-state index >= 15 is 0 Å². The van der Waals surface area contributed by atoms with Crippen molar-refractivity contribution in [3.63, 3.8) is 0 Å². The van der Waals surface area contributed by atoms with Crippen molar-refractivity contribution in [2.45, 2.75) is 31.8 Å². The fourth-order valence-corrected chi connectivity index (χ4v) is 4.25. The van der Waals surface area contributed by atoms with Gasteiger partial charge in [-0.25, -0.2) is 4.79 Å². The van der Waals surface area contributed by atoms with Crippen molar-refractivity contribution in [3.05, 3.63) is 57.8 Å². The van der Waals surface area contributed by atoms with Gasteiger partial charge in [-0.2, -0.15) is 11.3 Å². The minimum Gasteiger partial charge on any atom is -0.339 e. The van der Waals surface area contributed by atoms with Crippen molar-refractivity contribution in [3.8, 4) is 0 Å². The molecular formula is C22H30N4O2S. The smallest absolute Gasteiger partial charge is 0.315 e. The second kappa shape index (κ2) is 10.4. The van der Waals surface area contributed by atoms with Crippen LogP contribution in [0.25, 0.3) is 0 Å². The molecule has 2 heterocycles. The number of thiophene rings is 1. The van der Waals surface area contributed by atoms with Crippen LogP contribution >= 0.6 is 11.3 Å². The molecule has 3 rings (SSSR count). The van der Waals surface area contributed by atoms with Crippen molar-refractivity contribution < 1.29 is 9.59 Å². The van der Waals surface area contributed by atoms with Gasteiger partial charge in [-0.1, -0.05) is 12.1 Å². The van der Waals surface area contributed by atoms with E-state index in [9.17, 15) is 9.59 Å². The maximum absolute atomic E-state index is 12.5. The van der Waals surface area contributed by atoms with Crippen molar-refractivity contribution in [1.82, 2.24) is 20.4 Å². The van der Waals surface area contributed by atoms with Crippen LogP contribution in [0.5, 0.6) is 0 Å². The Morgan fingerprint density at radius 3 is 2.41 bits per heavy atom. The van der Waals surface area contributed by atoms with Gasteiger partial charge in [0, 0.05) is 31.7 Å². The summed E-state index contributed by atoms with van der Waals surface area (Å²) in [5.41, 5.74) is 2.89. The minimum atomic E-state index is -0.194. The highest BCUT2D eigenvalue weighted by atomic mass is 32.1. The molecule has 7 heteroatoms. The highest BCUT2D eigenvalue weighted by Gasteiger charge is 2.18. The summed E-state index contributed by atoms with van der Waals surface area (Å²) in [7, 11) is 4.02. The number of nitrogens with zero attached hydrogens (tertiary/aromatic N) is 2. The molecule has 1 aliphatic rings. The number of rotatable bonds is 7. The van der Waals surface area contributed by atoms with E-state index in [0.717, 1.165) is 31.5 Å². The number of carbonyl (C=O) groups is 2. The molecule has 0 unspecified atom stereocenters. The molecule has 1 aromatic heterocycles. The number of piperidine rings is 1. The Kier molecular flexibility index (Phi) is 7.66. The molecule has 2 aromatic rings. The van der Waals surface area contributed by atoms with E-state index in [1.165, 1.54) is 12.0 Å². The third-order valence-corrected chi connectivity index (χ3v) is 6.01. The van der Waals surface area contributed by atoms with Crippen LogP contribution < -0.4 is 10.6 Å². The molecule has 1 aromatic carbocycles. The van der Waals surface area contributed by atoms with Gasteiger partial charge in [-0.15, -0.1) is 0 Å². The summed E-state index contributed by atoms with van der Waals surface area (Å²) in [6, 6.07) is 9.56. The topological polar surface area (TPSA) is 64.7 Å². The lowest BCUT2D eigenvalue weighted by Gasteiger charge is -2.26. The molecule has 156 valence electrons. The molecular weight excluding hydrogens is 384 g/mol. The number of urea groups is 1. The summed E-state index contributed by atoms with van der Waals surface area (Å²) < 4.78 is 0. The van der Waals surface area contributed by atoms with E-state index in [1.807, 2.05) is 48.6 Å². The van der Waals surface area contributed by atoms with Crippen LogP contribution in [-0.4, -0.2) is 55.5 Å². The zero-order valence-corrected chi connectivity index (χ0v) is 18.0. The number of likely N-dealkylation sites (tertiary alicyclic amines) is 1. The lowest BCUT2D eigenvalue weighted by Crippen LogP contribution is -2.40. The Morgan fingerprint density at radius 1 is 1.07 bits per heavy atom. The zero-order chi connectivity index (χ0) is 20.6. The van der Waals surface area contributed by atoms with Crippen LogP contribution in [0, 0.1) is 0 Å². The van der Waals surface area contributed by atoms with E-state index < -0.39 is 0 Å². The highest BCUT2D eigenvalue weighted by molar-refractivity contribution is 7.07. The molecule has 3 amide bonds. The van der Waals surface area contributed by atoms with Crippen LogP contribution in [0.2, 0.25) is 0 Å². The van der Waals surface area contributed by atoms with Crippen LogP contribution in [0.3, 0.4) is 0 Å². The van der Waals surface area contributed by atoms with E-state index in [-0.39, 0.29) is 18.0 Å². The Morgan fingerprint density at radius 2 is 1.79 bits per heavy atom. The number of hydrogen-bond acceptors (Lipinski definition) is 4. The first-order valence-corrected chi connectivity index (χ1v) is 11.1. The first-order valence-electron chi connectivity index (χ1n) is 10.1. The van der Waals surface area contributed by atoms with E-state index in [0.29, 0.717) is 18.7 Å². The second-order valence-electron chi connectivity index (χ2n) is 7.65. The Labute approximate surface area is 176 Å². The molecule has 1 fully saturated rings. The Bertz CT molecular complexity index is 784. The molecule has 0 radical (unpaired) electrons. The number of benzene rings is 1. The summed E-state index contributed by atoms with van der Waals surface area (Å²) in [5.74, 6) is 0.102. The molecule has 1 atom stereocenters. The van der Waals surface area contributed by atoms with Crippen LogP contribution in [0.4, 0.5) is 4.79 Å². The van der Waals surface area contributed by atoms with Gasteiger partial charge in [0.25, 0.3) is 5.91 Å². The van der Waals surface area contributed by atoms with Crippen molar-refractivity contribution in [2.75, 3.05) is 33.7 Å². The summed E-state index contributed by atoms with van der Waals surface area (Å²) in [6.45, 7) is 2.66. The maximum Gasteiger partial charge on any atom is 0.315 e. The summed E-state index contributed by atoms with van der Waals surface area (Å²) in [5, 5.41) is 9.99. The number of amides is 3. The van der Waals surface area contributed by atoms with Gasteiger partial charge >= 0.3 is 6.03 Å². The molecule has 2 N–H and O–H groups in total. The van der Waals surface area contributed by atoms with Gasteiger partial charge in [0.1, 0.15) is 0 Å². The first kappa shape index (κ1) is 21.3. The molecule has 1 saturated heterocycles. The van der Waals surface area contributed by atoms with Crippen LogP contribution in [0.15, 0.2) is 41.1 Å². The van der Waals surface area contributed by atoms with Gasteiger partial charge in [-0.3, -0.25) is 4.79 Å². The normalized spacial score (nSPS) is 15.2. The van der Waals surface area contributed by atoms with Gasteiger partial charge in [0.2, 0.25) is 0 Å². The largest absolute Gasteiger partial charge is 0.339 e. The van der Waals surface area contributed by atoms with Gasteiger partial charge in [0.15, 0.2) is 0 Å². The number of hydrogen-bond donors (Lipinski definition) is 2. The molecule has 29 heavy (non-hydrogen) atoms. The lowest BCUT2D eigenvalue weighted by atomic mass is 10.1. The van der Waals surface area contributed by atoms with Gasteiger partial charge in [-0.05, 0) is 73.4 Å². The number of carbonyl (C=O) groups excluding carboxylic acids is 2. The first-order chi connectivity index (χ1) is 14.0. The minimum absolute atomic E-state index is 0.102. The molecule has 6 nitrogen and oxygen atoms in total. The fourth-order valence-electron chi connectivity index (χ4n) is 3.54. The Hall–Kier alpha value is -2.38. The zero-order valence-electron chi connectivity index (χ0n) is 17.2. The molecule has 1 aliphatic heterocycles.